The molecule has 1 unspecified atom stereocenters. The molecule has 2 aromatic carbocycles. The normalized spacial score (nSPS) is 15.4. The molecule has 130 valence electrons. The Kier molecular flexibility index (Phi) is 4.34. The van der Waals surface area contributed by atoms with Gasteiger partial charge in [-0.05, 0) is 24.3 Å². The number of anilines is 1. The second kappa shape index (κ2) is 6.33. The summed E-state index contributed by atoms with van der Waals surface area (Å²) in [6.07, 6.45) is -4.36. The van der Waals surface area contributed by atoms with Crippen LogP contribution in [-0.2, 0) is 17.5 Å². The van der Waals surface area contributed by atoms with Crippen molar-refractivity contribution in [1.29, 1.82) is 0 Å². The molecule has 0 saturated heterocycles. The number of Topliss-reactive ketones (excluding diaryl/α,β-unsaturated/α-hetero) is 1. The highest BCUT2D eigenvalue weighted by Gasteiger charge is 2.37. The summed E-state index contributed by atoms with van der Waals surface area (Å²) in [6, 6.07) is 11.7. The van der Waals surface area contributed by atoms with E-state index in [4.69, 9.17) is 0 Å². The molecule has 0 saturated carbocycles. The van der Waals surface area contributed by atoms with Crippen LogP contribution in [0.15, 0.2) is 48.5 Å². The van der Waals surface area contributed by atoms with E-state index < -0.39 is 23.4 Å². The summed E-state index contributed by atoms with van der Waals surface area (Å²) in [5.74, 6) is -1.11. The third-order valence-corrected chi connectivity index (χ3v) is 4.09. The first-order valence-corrected chi connectivity index (χ1v) is 7.70. The molecule has 0 radical (unpaired) electrons. The van der Waals surface area contributed by atoms with Crippen molar-refractivity contribution in [3.63, 3.8) is 0 Å². The molecule has 3 rings (SSSR count). The summed E-state index contributed by atoms with van der Waals surface area (Å²) in [5.41, 5.74) is 0.985. The largest absolute Gasteiger partial charge is 0.416 e. The molecule has 1 N–H and O–H groups in total. The molecule has 4 nitrogen and oxygen atoms in total. The number of ketones is 1. The molecule has 1 atom stereocenters. The zero-order valence-electron chi connectivity index (χ0n) is 13.4. The van der Waals surface area contributed by atoms with Crippen LogP contribution in [0.5, 0.6) is 0 Å². The van der Waals surface area contributed by atoms with E-state index in [1.54, 1.807) is 24.3 Å². The van der Waals surface area contributed by atoms with Crippen LogP contribution in [-0.4, -0.2) is 25.4 Å². The number of hydrogen-bond acceptors (Lipinski definition) is 2. The fourth-order valence-corrected chi connectivity index (χ4v) is 2.89. The van der Waals surface area contributed by atoms with Gasteiger partial charge in [0, 0.05) is 5.56 Å². The third kappa shape index (κ3) is 3.41. The molecule has 7 heteroatoms. The van der Waals surface area contributed by atoms with Crippen molar-refractivity contribution in [2.45, 2.75) is 12.7 Å². The molecule has 0 spiro atoms. The van der Waals surface area contributed by atoms with Crippen LogP contribution in [0.4, 0.5) is 18.9 Å². The zero-order valence-corrected chi connectivity index (χ0v) is 13.4. The lowest BCUT2D eigenvalue weighted by Gasteiger charge is -2.21. The number of para-hydroxylation sites is 1. The lowest BCUT2D eigenvalue weighted by atomic mass is 10.1. The first-order chi connectivity index (χ1) is 11.8. The van der Waals surface area contributed by atoms with Crippen molar-refractivity contribution in [3.8, 4) is 0 Å². The van der Waals surface area contributed by atoms with E-state index in [1.165, 1.54) is 17.0 Å². The van der Waals surface area contributed by atoms with Crippen molar-refractivity contribution >= 4 is 17.4 Å². The van der Waals surface area contributed by atoms with Crippen molar-refractivity contribution in [2.75, 3.05) is 18.6 Å². The Labute approximate surface area is 142 Å². The third-order valence-electron chi connectivity index (χ3n) is 4.09. The topological polar surface area (TPSA) is 41.8 Å². The smallest absolute Gasteiger partial charge is 0.316 e. The molecular weight excluding hydrogens is 333 g/mol. The van der Waals surface area contributed by atoms with Gasteiger partial charge in [0.1, 0.15) is 6.54 Å². The molecule has 0 aliphatic carbocycles. The van der Waals surface area contributed by atoms with Gasteiger partial charge in [0.25, 0.3) is 5.78 Å². The number of benzene rings is 2. The maximum atomic E-state index is 12.6. The SMILES string of the molecule is C[NH+](Cc1ccc(C(F)(F)F)cc1)CN1C(=O)C(=O)c2ccccc21. The van der Waals surface area contributed by atoms with Crippen molar-refractivity contribution < 1.29 is 27.7 Å². The summed E-state index contributed by atoms with van der Waals surface area (Å²) < 4.78 is 37.8. The summed E-state index contributed by atoms with van der Waals surface area (Å²) in [6.45, 7) is 0.681. The molecule has 1 heterocycles. The number of fused-ring (bicyclic) bond motifs is 1. The van der Waals surface area contributed by atoms with Crippen LogP contribution in [0.2, 0.25) is 0 Å². The number of nitrogens with one attached hydrogen (secondary N) is 1. The highest BCUT2D eigenvalue weighted by Crippen LogP contribution is 2.29. The standard InChI is InChI=1S/C18H15F3N2O2/c1-22(10-12-6-8-13(9-7-12)18(19,20)21)11-23-15-5-3-2-4-14(15)16(24)17(23)25/h2-9H,10-11H2,1H3/p+1. The van der Waals surface area contributed by atoms with Gasteiger partial charge in [0.2, 0.25) is 0 Å². The Morgan fingerprint density at radius 3 is 2.28 bits per heavy atom. The molecule has 1 aliphatic heterocycles. The predicted octanol–water partition coefficient (Wildman–Crippen LogP) is 1.91. The maximum Gasteiger partial charge on any atom is 0.416 e. The average Bonchev–Trinajstić information content (AvgIpc) is 2.80. The first-order valence-electron chi connectivity index (χ1n) is 7.70. The monoisotopic (exact) mass is 349 g/mol. The lowest BCUT2D eigenvalue weighted by molar-refractivity contribution is -0.892. The molecule has 2 aromatic rings. The predicted molar refractivity (Wildman–Crippen MR) is 85.2 cm³/mol. The van der Waals surface area contributed by atoms with Gasteiger partial charge in [-0.3, -0.25) is 14.5 Å². The van der Waals surface area contributed by atoms with E-state index in [0.717, 1.165) is 22.6 Å². The number of nitrogens with zero attached hydrogens (tertiary/aromatic N) is 1. The summed E-state index contributed by atoms with van der Waals surface area (Å²) in [5, 5.41) is 0. The molecule has 1 aliphatic rings. The van der Waals surface area contributed by atoms with Gasteiger partial charge in [0.05, 0.1) is 23.9 Å². The number of alkyl halides is 3. The van der Waals surface area contributed by atoms with Gasteiger partial charge in [-0.25, -0.2) is 0 Å². The second-order valence-electron chi connectivity index (χ2n) is 6.07. The molecular formula is C18H16F3N2O2+. The van der Waals surface area contributed by atoms with Crippen LogP contribution >= 0.6 is 0 Å². The first kappa shape index (κ1) is 17.2. The van der Waals surface area contributed by atoms with Crippen LogP contribution in [0.25, 0.3) is 0 Å². The zero-order chi connectivity index (χ0) is 18.2. The Hall–Kier alpha value is -2.67. The number of halogens is 3. The van der Waals surface area contributed by atoms with Crippen molar-refractivity contribution in [2.24, 2.45) is 0 Å². The highest BCUT2D eigenvalue weighted by atomic mass is 19.4. The number of carbonyl (C=O) groups is 2. The van der Waals surface area contributed by atoms with E-state index in [-0.39, 0.29) is 6.67 Å². The lowest BCUT2D eigenvalue weighted by Crippen LogP contribution is -3.09. The Morgan fingerprint density at radius 1 is 1.00 bits per heavy atom. The van der Waals surface area contributed by atoms with Crippen LogP contribution in [0.1, 0.15) is 21.5 Å². The van der Waals surface area contributed by atoms with Gasteiger partial charge in [0.15, 0.2) is 6.67 Å². The van der Waals surface area contributed by atoms with Crippen LogP contribution in [0, 0.1) is 0 Å². The fourth-order valence-electron chi connectivity index (χ4n) is 2.89. The Bertz CT molecular complexity index is 816. The number of hydrogen-bond donors (Lipinski definition) is 1. The van der Waals surface area contributed by atoms with Gasteiger partial charge in [-0.1, -0.05) is 24.3 Å². The Morgan fingerprint density at radius 2 is 1.64 bits per heavy atom. The molecule has 1 amide bonds. The molecule has 25 heavy (non-hydrogen) atoms. The van der Waals surface area contributed by atoms with E-state index in [2.05, 4.69) is 0 Å². The van der Waals surface area contributed by atoms with E-state index in [9.17, 15) is 22.8 Å². The fraction of sp³-hybridized carbons (Fsp3) is 0.222. The van der Waals surface area contributed by atoms with Gasteiger partial charge >= 0.3 is 12.1 Å². The summed E-state index contributed by atoms with van der Waals surface area (Å²) in [4.78, 5) is 26.4. The maximum absolute atomic E-state index is 12.6. The van der Waals surface area contributed by atoms with Crippen LogP contribution < -0.4 is 9.80 Å². The van der Waals surface area contributed by atoms with Gasteiger partial charge in [-0.15, -0.1) is 0 Å². The number of quaternary nitrogens is 1. The minimum Gasteiger partial charge on any atom is -0.316 e. The van der Waals surface area contributed by atoms with Gasteiger partial charge in [-0.2, -0.15) is 13.2 Å². The average molecular weight is 349 g/mol. The number of amides is 1. The highest BCUT2D eigenvalue weighted by molar-refractivity contribution is 6.52. The second-order valence-corrected chi connectivity index (χ2v) is 6.07. The number of rotatable bonds is 4. The minimum absolute atomic E-state index is 0.253. The molecule has 0 aromatic heterocycles. The minimum atomic E-state index is -4.36. The number of carbonyl (C=O) groups excluding carboxylic acids is 2. The van der Waals surface area contributed by atoms with Crippen LogP contribution in [0.3, 0.4) is 0 Å². The van der Waals surface area contributed by atoms with Crippen molar-refractivity contribution in [1.82, 2.24) is 0 Å². The summed E-state index contributed by atoms with van der Waals surface area (Å²) >= 11 is 0. The Balaban J connectivity index is 1.70. The van der Waals surface area contributed by atoms with E-state index >= 15 is 0 Å². The molecule has 0 bridgehead atoms. The van der Waals surface area contributed by atoms with E-state index in [1.807, 2.05) is 7.05 Å². The van der Waals surface area contributed by atoms with Crippen molar-refractivity contribution in [3.05, 3.63) is 65.2 Å². The quantitative estimate of drug-likeness (QED) is 0.857. The molecule has 0 fully saturated rings. The van der Waals surface area contributed by atoms with Gasteiger partial charge < -0.3 is 4.90 Å². The summed E-state index contributed by atoms with van der Waals surface area (Å²) in [7, 11) is 1.82. The van der Waals surface area contributed by atoms with E-state index in [0.29, 0.717) is 17.8 Å².